The average Bonchev–Trinajstić information content (AvgIpc) is 2.12. The Hall–Kier alpha value is -0.150. The van der Waals surface area contributed by atoms with Crippen molar-refractivity contribution in [2.45, 2.75) is 0 Å². The molecule has 0 spiro atoms. The molecule has 0 aromatic heterocycles. The number of rotatable bonds is 0. The number of nitrogens with zero attached hydrogens (tertiary/aromatic N) is 1. The van der Waals surface area contributed by atoms with Gasteiger partial charge in [0.2, 0.25) is 0 Å². The lowest BCUT2D eigenvalue weighted by molar-refractivity contribution is 0.561. The molecule has 0 saturated heterocycles. The van der Waals surface area contributed by atoms with Crippen molar-refractivity contribution >= 4 is 29.2 Å². The van der Waals surface area contributed by atoms with Gasteiger partial charge in [0.25, 0.3) is 0 Å². The predicted molar refractivity (Wildman–Crippen MR) is 40.7 cm³/mol. The molecule has 0 bridgehead atoms. The molecule has 0 N–H and O–H groups in total. The van der Waals surface area contributed by atoms with Gasteiger partial charge in [-0.15, -0.1) is 0 Å². The molecule has 1 rings (SSSR count). The van der Waals surface area contributed by atoms with Crippen molar-refractivity contribution in [3.63, 3.8) is 0 Å². The van der Waals surface area contributed by atoms with Crippen molar-refractivity contribution in [3.8, 4) is 0 Å². The van der Waals surface area contributed by atoms with Crippen molar-refractivity contribution in [2.75, 3.05) is 13.1 Å². The summed E-state index contributed by atoms with van der Waals surface area (Å²) in [6.45, 7) is 1.81. The van der Waals surface area contributed by atoms with Crippen LogP contribution in [0.25, 0.3) is 0 Å². The Balaban J connectivity index is 2.41. The van der Waals surface area contributed by atoms with Crippen LogP contribution in [-0.2, 0) is 12.6 Å². The van der Waals surface area contributed by atoms with E-state index < -0.39 is 0 Å². The molecule has 0 aromatic carbocycles. The van der Waals surface area contributed by atoms with Gasteiger partial charge in [-0.25, -0.2) is 0 Å². The van der Waals surface area contributed by atoms with E-state index in [1.54, 1.807) is 0 Å². The fraction of sp³-hybridized carbons (Fsp3) is 0.400. The van der Waals surface area contributed by atoms with E-state index in [1.807, 2.05) is 4.90 Å². The minimum atomic E-state index is 0.579. The van der Waals surface area contributed by atoms with E-state index in [2.05, 4.69) is 12.2 Å². The molecule has 1 heterocycles. The highest BCUT2D eigenvalue weighted by Crippen LogP contribution is 1.98. The van der Waals surface area contributed by atoms with Crippen molar-refractivity contribution in [1.29, 1.82) is 0 Å². The molecular weight excluding hydrogens is 138 g/mol. The molecular formula is C5H6NS2-. The van der Waals surface area contributed by atoms with Gasteiger partial charge in [-0.2, -0.15) is 0 Å². The van der Waals surface area contributed by atoms with Crippen molar-refractivity contribution in [2.24, 2.45) is 0 Å². The largest absolute Gasteiger partial charge is 0.411 e. The standard InChI is InChI=1S/C5H7NS2/c7-5(8)6-3-1-2-4-6/h1-2H,3-4H2,(H,7,8)/p-1. The molecule has 1 aliphatic rings. The SMILES string of the molecule is S=C([S-])N1CC=CC1. The number of thiocarbonyl (C=S) groups is 1. The molecule has 0 atom stereocenters. The highest BCUT2D eigenvalue weighted by atomic mass is 32.1. The molecule has 8 heavy (non-hydrogen) atoms. The molecule has 0 fully saturated rings. The monoisotopic (exact) mass is 144 g/mol. The second-order valence-electron chi connectivity index (χ2n) is 1.64. The lowest BCUT2D eigenvalue weighted by atomic mass is 10.6. The van der Waals surface area contributed by atoms with Crippen LogP contribution < -0.4 is 0 Å². The van der Waals surface area contributed by atoms with Gasteiger partial charge in [0, 0.05) is 13.1 Å². The molecule has 0 aliphatic carbocycles. The zero-order valence-corrected chi connectivity index (χ0v) is 5.97. The Labute approximate surface area is 59.8 Å². The quantitative estimate of drug-likeness (QED) is 0.280. The maximum atomic E-state index is 4.76. The van der Waals surface area contributed by atoms with Gasteiger partial charge in [-0.05, 0) is 0 Å². The van der Waals surface area contributed by atoms with Gasteiger partial charge in [0.15, 0.2) is 0 Å². The van der Waals surface area contributed by atoms with Crippen LogP contribution in [0.15, 0.2) is 12.2 Å². The van der Waals surface area contributed by atoms with E-state index in [-0.39, 0.29) is 0 Å². The summed E-state index contributed by atoms with van der Waals surface area (Å²) in [7, 11) is 0. The fourth-order valence-corrected chi connectivity index (χ4v) is 0.925. The Morgan fingerprint density at radius 2 is 2.00 bits per heavy atom. The zero-order chi connectivity index (χ0) is 5.98. The fourth-order valence-electron chi connectivity index (χ4n) is 0.627. The predicted octanol–water partition coefficient (Wildman–Crippen LogP) is 0.690. The van der Waals surface area contributed by atoms with E-state index in [9.17, 15) is 0 Å². The summed E-state index contributed by atoms with van der Waals surface area (Å²) < 4.78 is 0.579. The van der Waals surface area contributed by atoms with Crippen LogP contribution in [0.4, 0.5) is 0 Å². The number of hydrogen-bond donors (Lipinski definition) is 0. The summed E-state index contributed by atoms with van der Waals surface area (Å²) in [5.74, 6) is 0. The van der Waals surface area contributed by atoms with Gasteiger partial charge in [0.05, 0.1) is 0 Å². The first-order valence-electron chi connectivity index (χ1n) is 2.41. The lowest BCUT2D eigenvalue weighted by Crippen LogP contribution is -2.24. The van der Waals surface area contributed by atoms with Crippen LogP contribution in [0.1, 0.15) is 0 Å². The normalized spacial score (nSPS) is 17.2. The minimum Gasteiger partial charge on any atom is -0.411 e. The number of hydrogen-bond acceptors (Lipinski definition) is 2. The second-order valence-corrected chi connectivity index (χ2v) is 2.67. The van der Waals surface area contributed by atoms with E-state index >= 15 is 0 Å². The third-order valence-electron chi connectivity index (χ3n) is 1.08. The molecule has 1 aliphatic heterocycles. The van der Waals surface area contributed by atoms with Gasteiger partial charge < -0.3 is 29.7 Å². The molecule has 0 radical (unpaired) electrons. The van der Waals surface area contributed by atoms with Gasteiger partial charge in [-0.3, -0.25) is 0 Å². The first-order chi connectivity index (χ1) is 3.80. The Morgan fingerprint density at radius 1 is 1.50 bits per heavy atom. The van der Waals surface area contributed by atoms with Crippen molar-refractivity contribution < 1.29 is 0 Å². The summed E-state index contributed by atoms with van der Waals surface area (Å²) >= 11 is 9.51. The Morgan fingerprint density at radius 3 is 2.25 bits per heavy atom. The van der Waals surface area contributed by atoms with Crippen molar-refractivity contribution in [3.05, 3.63) is 12.2 Å². The Bertz CT molecular complexity index is 122. The lowest BCUT2D eigenvalue weighted by Gasteiger charge is -2.20. The van der Waals surface area contributed by atoms with Crippen LogP contribution in [0.2, 0.25) is 0 Å². The first kappa shape index (κ1) is 5.98. The maximum Gasteiger partial charge on any atom is 0.0348 e. The third-order valence-corrected chi connectivity index (χ3v) is 1.59. The van der Waals surface area contributed by atoms with E-state index in [1.165, 1.54) is 0 Å². The summed E-state index contributed by atoms with van der Waals surface area (Å²) in [6.07, 6.45) is 4.14. The van der Waals surface area contributed by atoms with E-state index in [0.29, 0.717) is 4.32 Å². The van der Waals surface area contributed by atoms with Gasteiger partial charge in [-0.1, -0.05) is 16.5 Å². The van der Waals surface area contributed by atoms with Crippen LogP contribution in [0, 0.1) is 0 Å². The highest BCUT2D eigenvalue weighted by molar-refractivity contribution is 8.00. The molecule has 0 unspecified atom stereocenters. The molecule has 3 heteroatoms. The second kappa shape index (κ2) is 2.42. The smallest absolute Gasteiger partial charge is 0.0348 e. The molecule has 0 aromatic rings. The topological polar surface area (TPSA) is 3.24 Å². The molecule has 1 nitrogen and oxygen atoms in total. The van der Waals surface area contributed by atoms with E-state index in [4.69, 9.17) is 24.8 Å². The summed E-state index contributed by atoms with van der Waals surface area (Å²) in [4.78, 5) is 1.96. The van der Waals surface area contributed by atoms with E-state index in [0.717, 1.165) is 13.1 Å². The van der Waals surface area contributed by atoms with Gasteiger partial charge in [0.1, 0.15) is 0 Å². The van der Waals surface area contributed by atoms with Crippen LogP contribution in [0.3, 0.4) is 0 Å². The van der Waals surface area contributed by atoms with Crippen molar-refractivity contribution in [1.82, 2.24) is 4.90 Å². The van der Waals surface area contributed by atoms with Crippen LogP contribution >= 0.6 is 12.2 Å². The third kappa shape index (κ3) is 1.17. The first-order valence-corrected chi connectivity index (χ1v) is 3.23. The average molecular weight is 144 g/mol. The Kier molecular flexibility index (Phi) is 1.81. The summed E-state index contributed by atoms with van der Waals surface area (Å²) in [6, 6.07) is 0. The summed E-state index contributed by atoms with van der Waals surface area (Å²) in [5.41, 5.74) is 0. The maximum absolute atomic E-state index is 4.76. The molecule has 0 saturated carbocycles. The highest BCUT2D eigenvalue weighted by Gasteiger charge is 1.99. The van der Waals surface area contributed by atoms with Crippen LogP contribution in [0.5, 0.6) is 0 Å². The summed E-state index contributed by atoms with van der Waals surface area (Å²) in [5, 5.41) is 0. The zero-order valence-electron chi connectivity index (χ0n) is 4.33. The van der Waals surface area contributed by atoms with Crippen LogP contribution in [-0.4, -0.2) is 22.3 Å². The molecule has 0 amide bonds. The van der Waals surface area contributed by atoms with Gasteiger partial charge >= 0.3 is 0 Å². The molecule has 44 valence electrons. The minimum absolute atomic E-state index is 0.579.